The van der Waals surface area contributed by atoms with Gasteiger partial charge in [-0.3, -0.25) is 4.79 Å². The van der Waals surface area contributed by atoms with Crippen molar-refractivity contribution in [1.29, 1.82) is 0 Å². The Labute approximate surface area is 187 Å². The van der Waals surface area contributed by atoms with Crippen molar-refractivity contribution < 1.29 is 23.4 Å². The maximum Gasteiger partial charge on any atom is 0.219 e. The zero-order chi connectivity index (χ0) is 22.3. The number of phenols is 1. The van der Waals surface area contributed by atoms with E-state index in [-0.39, 0.29) is 32.2 Å². The number of ether oxygens (including phenoxy) is 1. The fourth-order valence-electron chi connectivity index (χ4n) is 2.81. The first-order valence-corrected chi connectivity index (χ1v) is 10.4. The van der Waals surface area contributed by atoms with E-state index in [1.807, 2.05) is 0 Å². The Bertz CT molecular complexity index is 1240. The van der Waals surface area contributed by atoms with E-state index < -0.39 is 29.3 Å². The first kappa shape index (κ1) is 21.2. The van der Waals surface area contributed by atoms with Crippen LogP contribution < -0.4 is 10.5 Å². The van der Waals surface area contributed by atoms with Crippen LogP contribution in [0.3, 0.4) is 0 Å². The van der Waals surface area contributed by atoms with Crippen molar-refractivity contribution in [2.45, 2.75) is 18.1 Å². The number of aromatic nitrogens is 3. The second-order valence-corrected chi connectivity index (χ2v) is 8.34. The second kappa shape index (κ2) is 8.23. The number of fused-ring (bicyclic) bond motifs is 1. The summed E-state index contributed by atoms with van der Waals surface area (Å²) in [5.74, 6) is -2.76. The Hall–Kier alpha value is -3.05. The molecule has 3 heterocycles. The molecule has 1 unspecified atom stereocenters. The minimum absolute atomic E-state index is 0.0585. The van der Waals surface area contributed by atoms with Gasteiger partial charge in [-0.2, -0.15) is 0 Å². The zero-order valence-corrected chi connectivity index (χ0v) is 18.2. The molecule has 1 aliphatic rings. The third-order valence-electron chi connectivity index (χ3n) is 4.42. The number of hydrogen-bond acceptors (Lipinski definition) is 8. The number of nitrogens with two attached hydrogens (primary N) is 1. The van der Waals surface area contributed by atoms with Gasteiger partial charge in [0.25, 0.3) is 0 Å². The third-order valence-corrected chi connectivity index (χ3v) is 6.27. The first-order chi connectivity index (χ1) is 14.7. The summed E-state index contributed by atoms with van der Waals surface area (Å²) < 4.78 is 33.7. The lowest BCUT2D eigenvalue weighted by Crippen LogP contribution is -2.06. The van der Waals surface area contributed by atoms with Gasteiger partial charge >= 0.3 is 0 Å². The van der Waals surface area contributed by atoms with Gasteiger partial charge in [-0.25, -0.2) is 23.7 Å². The molecule has 0 saturated heterocycles. The van der Waals surface area contributed by atoms with E-state index in [9.17, 15) is 18.7 Å². The van der Waals surface area contributed by atoms with E-state index in [2.05, 4.69) is 30.9 Å². The number of hydrogen-bond donors (Lipinski definition) is 2. The lowest BCUT2D eigenvalue weighted by molar-refractivity contribution is 0.104. The lowest BCUT2D eigenvalue weighted by atomic mass is 10.1. The van der Waals surface area contributed by atoms with Crippen molar-refractivity contribution in [2.24, 2.45) is 0 Å². The van der Waals surface area contributed by atoms with E-state index in [1.54, 1.807) is 6.92 Å². The van der Waals surface area contributed by atoms with E-state index in [0.717, 1.165) is 24.0 Å². The minimum Gasteiger partial charge on any atom is -0.502 e. The molecule has 1 aliphatic heterocycles. The number of allylic oxidation sites excluding steroid dienone is 1. The molecule has 158 valence electrons. The van der Waals surface area contributed by atoms with E-state index in [1.165, 1.54) is 24.5 Å². The molecule has 7 nitrogen and oxygen atoms in total. The molecule has 2 aromatic heterocycles. The fourth-order valence-corrected chi connectivity index (χ4v) is 4.19. The summed E-state index contributed by atoms with van der Waals surface area (Å²) in [6.45, 7) is 1.67. The number of nitrogens with zero attached hydrogens (tertiary/aromatic N) is 3. The molecule has 0 fully saturated rings. The molecule has 1 aromatic carbocycles. The van der Waals surface area contributed by atoms with Crippen LogP contribution in [0.25, 0.3) is 6.08 Å². The Morgan fingerprint density at radius 2 is 1.94 bits per heavy atom. The normalized spacial score (nSPS) is 15.2. The monoisotopic (exact) mass is 506 g/mol. The number of carbonyl (C=O) groups excluding carboxylic acids is 1. The number of ketones is 1. The van der Waals surface area contributed by atoms with Gasteiger partial charge in [0.1, 0.15) is 16.9 Å². The molecular formula is C20H13BrF2N4O3S. The summed E-state index contributed by atoms with van der Waals surface area (Å²) in [5, 5.41) is 10.6. The molecule has 0 radical (unpaired) electrons. The molecule has 0 spiro atoms. The van der Waals surface area contributed by atoms with Gasteiger partial charge in [-0.15, -0.1) is 0 Å². The third kappa shape index (κ3) is 4.10. The van der Waals surface area contributed by atoms with Gasteiger partial charge in [0.15, 0.2) is 17.3 Å². The number of nitrogen functional groups attached to an aromatic ring is 1. The minimum atomic E-state index is -0.956. The summed E-state index contributed by atoms with van der Waals surface area (Å²) in [7, 11) is 0. The molecule has 0 amide bonds. The summed E-state index contributed by atoms with van der Waals surface area (Å²) >= 11 is 4.14. The standard InChI is InChI=1S/C20H13BrF2N4O3S/c1-8(10-5-26-20(24)27-6-10)30-13-2-9(15(21)16(23)18(13)29)3-14-17(28)12-4-11(22)7-25-19(12)31-14/h2-8,29H,1H3,(H2,24,26,27)/b14-3-. The number of halogens is 3. The van der Waals surface area contributed by atoms with Gasteiger partial charge < -0.3 is 15.6 Å². The number of benzene rings is 1. The van der Waals surface area contributed by atoms with Crippen LogP contribution in [0.1, 0.15) is 34.5 Å². The molecule has 3 N–H and O–H groups in total. The number of phenolic OH excluding ortho intramolecular Hbond substituents is 1. The SMILES string of the molecule is CC(Oc1cc(/C=C2\Sc3ncc(F)cc3C2=O)c(Br)c(F)c1O)c1cnc(N)nc1. The summed E-state index contributed by atoms with van der Waals surface area (Å²) in [6.07, 6.45) is 4.72. The number of carbonyl (C=O) groups is 1. The van der Waals surface area contributed by atoms with Crippen LogP contribution in [0.4, 0.5) is 14.7 Å². The van der Waals surface area contributed by atoms with Crippen LogP contribution in [0, 0.1) is 11.6 Å². The highest BCUT2D eigenvalue weighted by Crippen LogP contribution is 2.43. The van der Waals surface area contributed by atoms with E-state index in [4.69, 9.17) is 10.5 Å². The fraction of sp³-hybridized carbons (Fsp3) is 0.100. The van der Waals surface area contributed by atoms with Gasteiger partial charge in [-0.1, -0.05) is 11.8 Å². The first-order valence-electron chi connectivity index (χ1n) is 8.79. The summed E-state index contributed by atoms with van der Waals surface area (Å²) in [6, 6.07) is 2.49. The number of thioether (sulfide) groups is 1. The summed E-state index contributed by atoms with van der Waals surface area (Å²) in [4.78, 5) is 24.5. The van der Waals surface area contributed by atoms with Gasteiger partial charge in [0.2, 0.25) is 11.7 Å². The number of rotatable bonds is 4. The molecule has 31 heavy (non-hydrogen) atoms. The van der Waals surface area contributed by atoms with Crippen molar-refractivity contribution >= 4 is 45.5 Å². The van der Waals surface area contributed by atoms with Crippen molar-refractivity contribution in [2.75, 3.05) is 5.73 Å². The van der Waals surface area contributed by atoms with E-state index >= 15 is 0 Å². The Balaban J connectivity index is 1.68. The number of aromatic hydroxyl groups is 1. The molecule has 0 bridgehead atoms. The lowest BCUT2D eigenvalue weighted by Gasteiger charge is -2.17. The number of Topliss-reactive ketones (excluding diaryl/α,β-unsaturated/α-hetero) is 1. The highest BCUT2D eigenvalue weighted by atomic mass is 79.9. The largest absolute Gasteiger partial charge is 0.502 e. The smallest absolute Gasteiger partial charge is 0.219 e. The van der Waals surface area contributed by atoms with Gasteiger partial charge in [0.05, 0.1) is 21.1 Å². The molecule has 1 atom stereocenters. The van der Waals surface area contributed by atoms with Crippen LogP contribution in [0.15, 0.2) is 45.1 Å². The average molecular weight is 507 g/mol. The van der Waals surface area contributed by atoms with Crippen molar-refractivity contribution in [3.8, 4) is 11.5 Å². The topological polar surface area (TPSA) is 111 Å². The van der Waals surface area contributed by atoms with Crippen LogP contribution in [0.5, 0.6) is 11.5 Å². The average Bonchev–Trinajstić information content (AvgIpc) is 3.05. The second-order valence-electron chi connectivity index (χ2n) is 6.52. The molecule has 11 heteroatoms. The molecule has 0 aliphatic carbocycles. The van der Waals surface area contributed by atoms with Gasteiger partial charge in [0, 0.05) is 18.0 Å². The Morgan fingerprint density at radius 3 is 2.65 bits per heavy atom. The molecule has 0 saturated carbocycles. The molecular weight excluding hydrogens is 494 g/mol. The quantitative estimate of drug-likeness (QED) is 0.491. The highest BCUT2D eigenvalue weighted by molar-refractivity contribution is 9.10. The number of anilines is 1. The predicted octanol–water partition coefficient (Wildman–Crippen LogP) is 4.67. The highest BCUT2D eigenvalue weighted by Gasteiger charge is 2.29. The maximum atomic E-state index is 14.6. The Kier molecular flexibility index (Phi) is 5.63. The predicted molar refractivity (Wildman–Crippen MR) is 114 cm³/mol. The van der Waals surface area contributed by atoms with Crippen molar-refractivity contribution in [3.05, 3.63) is 68.4 Å². The zero-order valence-electron chi connectivity index (χ0n) is 15.8. The van der Waals surface area contributed by atoms with Crippen LogP contribution in [0.2, 0.25) is 0 Å². The molecule has 3 aromatic rings. The maximum absolute atomic E-state index is 14.6. The van der Waals surface area contributed by atoms with Crippen LogP contribution in [-0.2, 0) is 0 Å². The molecule has 4 rings (SSSR count). The van der Waals surface area contributed by atoms with Crippen LogP contribution in [-0.4, -0.2) is 25.8 Å². The van der Waals surface area contributed by atoms with Gasteiger partial charge in [-0.05, 0) is 46.6 Å². The Morgan fingerprint density at radius 1 is 1.23 bits per heavy atom. The van der Waals surface area contributed by atoms with E-state index in [0.29, 0.717) is 10.6 Å². The summed E-state index contributed by atoms with van der Waals surface area (Å²) in [5.41, 5.74) is 6.41. The van der Waals surface area contributed by atoms with Crippen molar-refractivity contribution in [3.63, 3.8) is 0 Å². The van der Waals surface area contributed by atoms with Crippen LogP contribution >= 0.6 is 27.7 Å². The van der Waals surface area contributed by atoms with Crippen molar-refractivity contribution in [1.82, 2.24) is 15.0 Å². The number of pyridine rings is 1.